The number of rotatable bonds is 4. The van der Waals surface area contributed by atoms with Gasteiger partial charge < -0.3 is 10.0 Å². The first-order valence-corrected chi connectivity index (χ1v) is 5.36. The van der Waals surface area contributed by atoms with Crippen LogP contribution in [0.2, 0.25) is 0 Å². The predicted molar refractivity (Wildman–Crippen MR) is 67.4 cm³/mol. The van der Waals surface area contributed by atoms with Gasteiger partial charge in [0.2, 0.25) is 0 Å². The standard InChI is InChI=1S/C12H15N3O3/c1-12(2,16)8-14(3)10-5-4-9(7-13)11(6-10)15(17)18/h4-6,16H,8H2,1-3H3. The Morgan fingerprint density at radius 3 is 2.61 bits per heavy atom. The lowest BCUT2D eigenvalue weighted by molar-refractivity contribution is -0.385. The molecule has 0 fully saturated rings. The molecule has 0 unspecified atom stereocenters. The Kier molecular flexibility index (Phi) is 3.89. The zero-order valence-electron chi connectivity index (χ0n) is 10.5. The van der Waals surface area contributed by atoms with E-state index in [2.05, 4.69) is 0 Å². The van der Waals surface area contributed by atoms with Gasteiger partial charge in [-0.25, -0.2) is 0 Å². The maximum Gasteiger partial charge on any atom is 0.289 e. The molecular formula is C12H15N3O3. The van der Waals surface area contributed by atoms with Crippen LogP contribution in [0.15, 0.2) is 18.2 Å². The molecule has 6 nitrogen and oxygen atoms in total. The molecule has 0 radical (unpaired) electrons. The second-order valence-corrected chi connectivity index (χ2v) is 4.74. The molecule has 0 heterocycles. The van der Waals surface area contributed by atoms with Gasteiger partial charge in [0.1, 0.15) is 11.6 Å². The van der Waals surface area contributed by atoms with Crippen LogP contribution in [0.4, 0.5) is 11.4 Å². The molecule has 0 atom stereocenters. The summed E-state index contributed by atoms with van der Waals surface area (Å²) in [6.45, 7) is 3.64. The summed E-state index contributed by atoms with van der Waals surface area (Å²) < 4.78 is 0. The highest BCUT2D eigenvalue weighted by atomic mass is 16.6. The number of nitro benzene ring substituents is 1. The average molecular weight is 249 g/mol. The van der Waals surface area contributed by atoms with E-state index >= 15 is 0 Å². The highest BCUT2D eigenvalue weighted by Crippen LogP contribution is 2.25. The van der Waals surface area contributed by atoms with Crippen molar-refractivity contribution in [3.8, 4) is 6.07 Å². The number of likely N-dealkylation sites (N-methyl/N-ethyl adjacent to an activating group) is 1. The van der Waals surface area contributed by atoms with Crippen LogP contribution in [0.1, 0.15) is 19.4 Å². The third-order valence-electron chi connectivity index (χ3n) is 2.36. The number of nitro groups is 1. The van der Waals surface area contributed by atoms with Crippen LogP contribution in [0.5, 0.6) is 0 Å². The molecule has 1 rings (SSSR count). The minimum Gasteiger partial charge on any atom is -0.389 e. The SMILES string of the molecule is CN(CC(C)(C)O)c1ccc(C#N)c([N+](=O)[O-])c1. The Morgan fingerprint density at radius 2 is 2.17 bits per heavy atom. The highest BCUT2D eigenvalue weighted by molar-refractivity contribution is 5.60. The molecule has 1 aromatic rings. The van der Waals surface area contributed by atoms with Gasteiger partial charge in [0, 0.05) is 25.3 Å². The summed E-state index contributed by atoms with van der Waals surface area (Å²) in [5.41, 5.74) is -0.516. The maximum absolute atomic E-state index is 10.8. The normalized spacial score (nSPS) is 10.8. The highest BCUT2D eigenvalue weighted by Gasteiger charge is 2.19. The number of hydrogen-bond donors (Lipinski definition) is 1. The van der Waals surface area contributed by atoms with Crippen LogP contribution in [0, 0.1) is 21.4 Å². The summed E-state index contributed by atoms with van der Waals surface area (Å²) in [5.74, 6) is 0. The molecule has 1 N–H and O–H groups in total. The Morgan fingerprint density at radius 1 is 1.56 bits per heavy atom. The van der Waals surface area contributed by atoms with Gasteiger partial charge in [-0.05, 0) is 26.0 Å². The van der Waals surface area contributed by atoms with E-state index in [-0.39, 0.29) is 11.3 Å². The molecule has 0 aliphatic carbocycles. The fourth-order valence-electron chi connectivity index (χ4n) is 1.67. The smallest absolute Gasteiger partial charge is 0.289 e. The lowest BCUT2D eigenvalue weighted by Gasteiger charge is -2.27. The van der Waals surface area contributed by atoms with E-state index in [0.717, 1.165) is 0 Å². The Hall–Kier alpha value is -2.13. The second-order valence-electron chi connectivity index (χ2n) is 4.74. The number of nitriles is 1. The van der Waals surface area contributed by atoms with Crippen molar-refractivity contribution in [1.82, 2.24) is 0 Å². The van der Waals surface area contributed by atoms with Crippen LogP contribution in [-0.4, -0.2) is 29.2 Å². The third-order valence-corrected chi connectivity index (χ3v) is 2.36. The molecule has 0 saturated carbocycles. The summed E-state index contributed by atoms with van der Waals surface area (Å²) in [4.78, 5) is 11.9. The zero-order chi connectivity index (χ0) is 13.9. The van der Waals surface area contributed by atoms with Gasteiger partial charge in [0.25, 0.3) is 5.69 Å². The first-order chi connectivity index (χ1) is 8.24. The molecule has 0 aromatic heterocycles. The summed E-state index contributed by atoms with van der Waals surface area (Å²) in [5, 5.41) is 29.3. The van der Waals surface area contributed by atoms with Crippen molar-refractivity contribution in [3.05, 3.63) is 33.9 Å². The Labute approximate surface area is 105 Å². The molecule has 0 amide bonds. The van der Waals surface area contributed by atoms with Crippen molar-refractivity contribution in [2.45, 2.75) is 19.4 Å². The van der Waals surface area contributed by atoms with Gasteiger partial charge in [0.15, 0.2) is 0 Å². The summed E-state index contributed by atoms with van der Waals surface area (Å²) >= 11 is 0. The van der Waals surface area contributed by atoms with Gasteiger partial charge in [-0.3, -0.25) is 10.1 Å². The van der Waals surface area contributed by atoms with E-state index in [0.29, 0.717) is 12.2 Å². The molecule has 0 bridgehead atoms. The molecule has 96 valence electrons. The summed E-state index contributed by atoms with van der Waals surface area (Å²) in [7, 11) is 1.73. The predicted octanol–water partition coefficient (Wildman–Crippen LogP) is 1.67. The van der Waals surface area contributed by atoms with E-state index in [9.17, 15) is 15.2 Å². The molecule has 0 saturated heterocycles. The largest absolute Gasteiger partial charge is 0.389 e. The van der Waals surface area contributed by atoms with E-state index in [1.165, 1.54) is 12.1 Å². The lowest BCUT2D eigenvalue weighted by Crippen LogP contribution is -2.36. The van der Waals surface area contributed by atoms with Crippen LogP contribution >= 0.6 is 0 Å². The second kappa shape index (κ2) is 5.02. The number of hydrogen-bond acceptors (Lipinski definition) is 5. The quantitative estimate of drug-likeness (QED) is 0.647. The van der Waals surface area contributed by atoms with Gasteiger partial charge >= 0.3 is 0 Å². The van der Waals surface area contributed by atoms with E-state index in [1.807, 2.05) is 0 Å². The number of nitrogens with zero attached hydrogens (tertiary/aromatic N) is 3. The average Bonchev–Trinajstić information content (AvgIpc) is 2.25. The molecule has 0 aliphatic rings. The Bertz CT molecular complexity index is 500. The van der Waals surface area contributed by atoms with Gasteiger partial charge in [-0.15, -0.1) is 0 Å². The molecule has 0 spiro atoms. The van der Waals surface area contributed by atoms with Gasteiger partial charge in [-0.1, -0.05) is 0 Å². The minimum absolute atomic E-state index is 0.0282. The van der Waals surface area contributed by atoms with Crippen LogP contribution in [0.3, 0.4) is 0 Å². The lowest BCUT2D eigenvalue weighted by atomic mass is 10.1. The summed E-state index contributed by atoms with van der Waals surface area (Å²) in [6.07, 6.45) is 0. The fourth-order valence-corrected chi connectivity index (χ4v) is 1.67. The van der Waals surface area contributed by atoms with Crippen molar-refractivity contribution >= 4 is 11.4 Å². The van der Waals surface area contributed by atoms with Crippen molar-refractivity contribution in [1.29, 1.82) is 5.26 Å². The molecule has 6 heteroatoms. The minimum atomic E-state index is -0.905. The third kappa shape index (κ3) is 3.43. The van der Waals surface area contributed by atoms with Crippen LogP contribution in [-0.2, 0) is 0 Å². The van der Waals surface area contributed by atoms with Crippen molar-refractivity contribution in [3.63, 3.8) is 0 Å². The fraction of sp³-hybridized carbons (Fsp3) is 0.417. The van der Waals surface area contributed by atoms with Gasteiger partial charge in [0.05, 0.1) is 10.5 Å². The zero-order valence-corrected chi connectivity index (χ0v) is 10.5. The number of anilines is 1. The number of aliphatic hydroxyl groups is 1. The molecular weight excluding hydrogens is 234 g/mol. The maximum atomic E-state index is 10.8. The van der Waals surface area contributed by atoms with E-state index in [1.54, 1.807) is 37.9 Å². The first kappa shape index (κ1) is 13.9. The first-order valence-electron chi connectivity index (χ1n) is 5.36. The van der Waals surface area contributed by atoms with E-state index in [4.69, 9.17) is 5.26 Å². The monoisotopic (exact) mass is 249 g/mol. The topological polar surface area (TPSA) is 90.4 Å². The van der Waals surface area contributed by atoms with Crippen molar-refractivity contribution in [2.75, 3.05) is 18.5 Å². The van der Waals surface area contributed by atoms with Crippen LogP contribution in [0.25, 0.3) is 0 Å². The van der Waals surface area contributed by atoms with Crippen molar-refractivity contribution in [2.24, 2.45) is 0 Å². The van der Waals surface area contributed by atoms with Gasteiger partial charge in [-0.2, -0.15) is 5.26 Å². The summed E-state index contributed by atoms with van der Waals surface area (Å²) in [6, 6.07) is 6.15. The molecule has 18 heavy (non-hydrogen) atoms. The number of benzene rings is 1. The van der Waals surface area contributed by atoms with E-state index < -0.39 is 10.5 Å². The van der Waals surface area contributed by atoms with Crippen LogP contribution < -0.4 is 4.90 Å². The molecule has 1 aromatic carbocycles. The van der Waals surface area contributed by atoms with Crippen molar-refractivity contribution < 1.29 is 10.0 Å². The molecule has 0 aliphatic heterocycles. The Balaban J connectivity index is 3.09.